The van der Waals surface area contributed by atoms with Gasteiger partial charge in [-0.15, -0.1) is 0 Å². The fourth-order valence-electron chi connectivity index (χ4n) is 5.01. The first-order chi connectivity index (χ1) is 17.4. The third-order valence-electron chi connectivity index (χ3n) is 7.02. The predicted molar refractivity (Wildman–Crippen MR) is 147 cm³/mol. The number of allylic oxidation sites excluding steroid dienone is 2. The molecule has 2 aromatic heterocycles. The highest BCUT2D eigenvalue weighted by Gasteiger charge is 2.26. The topological polar surface area (TPSA) is 81.9 Å². The van der Waals surface area contributed by atoms with Crippen LogP contribution in [0.2, 0.25) is 0 Å². The number of piperazine rings is 1. The largest absolute Gasteiger partial charge is 0.369 e. The second-order valence-electron chi connectivity index (χ2n) is 9.98. The van der Waals surface area contributed by atoms with Gasteiger partial charge in [-0.1, -0.05) is 18.9 Å². The second-order valence-corrected chi connectivity index (χ2v) is 9.98. The quantitative estimate of drug-likeness (QED) is 0.360. The van der Waals surface area contributed by atoms with Crippen molar-refractivity contribution in [2.45, 2.75) is 45.6 Å². The number of carbonyl (C=O) groups is 1. The summed E-state index contributed by atoms with van der Waals surface area (Å²) in [4.78, 5) is 33.3. The van der Waals surface area contributed by atoms with E-state index in [2.05, 4.69) is 49.9 Å². The van der Waals surface area contributed by atoms with Gasteiger partial charge in [0, 0.05) is 63.6 Å². The number of hydrogen-bond donors (Lipinski definition) is 1. The Morgan fingerprint density at radius 3 is 2.61 bits per heavy atom. The molecule has 1 saturated carbocycles. The fourth-order valence-corrected chi connectivity index (χ4v) is 5.01. The van der Waals surface area contributed by atoms with Crippen LogP contribution in [0.1, 0.15) is 56.1 Å². The monoisotopic (exact) mass is 492 g/mol. The molecule has 0 spiro atoms. The zero-order valence-electron chi connectivity index (χ0n) is 22.4. The molecule has 9 heteroatoms. The minimum atomic E-state index is -0.00350. The van der Waals surface area contributed by atoms with Crippen LogP contribution in [0.15, 0.2) is 41.2 Å². The van der Waals surface area contributed by atoms with Crippen LogP contribution < -0.4 is 5.32 Å². The maximum absolute atomic E-state index is 12.9. The van der Waals surface area contributed by atoms with Crippen LogP contribution in [-0.2, 0) is 0 Å². The molecule has 1 N–H and O–H groups in total. The van der Waals surface area contributed by atoms with E-state index in [0.717, 1.165) is 55.9 Å². The van der Waals surface area contributed by atoms with Gasteiger partial charge in [-0.3, -0.25) is 9.79 Å². The summed E-state index contributed by atoms with van der Waals surface area (Å²) in [5, 5.41) is 4.14. The van der Waals surface area contributed by atoms with Gasteiger partial charge in [-0.05, 0) is 52.0 Å². The van der Waals surface area contributed by atoms with Crippen molar-refractivity contribution in [1.82, 2.24) is 29.2 Å². The van der Waals surface area contributed by atoms with Crippen molar-refractivity contribution in [3.05, 3.63) is 41.9 Å². The number of amidine groups is 1. The van der Waals surface area contributed by atoms with E-state index in [-0.39, 0.29) is 5.91 Å². The van der Waals surface area contributed by atoms with Crippen molar-refractivity contribution in [2.75, 3.05) is 59.2 Å². The van der Waals surface area contributed by atoms with Gasteiger partial charge in [0.1, 0.15) is 17.2 Å². The molecule has 0 atom stereocenters. The number of nitrogens with zero attached hydrogens (tertiary/aromatic N) is 7. The van der Waals surface area contributed by atoms with Gasteiger partial charge in [0.25, 0.3) is 5.91 Å². The van der Waals surface area contributed by atoms with Crippen LogP contribution >= 0.6 is 0 Å². The van der Waals surface area contributed by atoms with Crippen molar-refractivity contribution in [2.24, 2.45) is 4.99 Å². The van der Waals surface area contributed by atoms with Crippen molar-refractivity contribution in [1.29, 1.82) is 0 Å². The smallest absolute Gasteiger partial charge is 0.270 e. The predicted octanol–water partition coefficient (Wildman–Crippen LogP) is 3.79. The molecule has 1 amide bonds. The Morgan fingerprint density at radius 1 is 1.22 bits per heavy atom. The first kappa shape index (κ1) is 25.9. The summed E-state index contributed by atoms with van der Waals surface area (Å²) < 4.78 is 2.13. The maximum Gasteiger partial charge on any atom is 0.270 e. The minimum Gasteiger partial charge on any atom is -0.369 e. The molecular formula is C27H40N8O. The number of likely N-dealkylation sites (N-methyl/N-ethyl adjacent to an activating group) is 1. The second kappa shape index (κ2) is 11.7. The molecule has 0 unspecified atom stereocenters. The van der Waals surface area contributed by atoms with Gasteiger partial charge in [-0.2, -0.15) is 4.98 Å². The summed E-state index contributed by atoms with van der Waals surface area (Å²) in [6.45, 7) is 8.76. The van der Waals surface area contributed by atoms with E-state index in [4.69, 9.17) is 9.98 Å². The summed E-state index contributed by atoms with van der Waals surface area (Å²) in [6, 6.07) is 2.22. The molecule has 2 fully saturated rings. The molecule has 9 nitrogen and oxygen atoms in total. The number of fused-ring (bicyclic) bond motifs is 1. The average Bonchev–Trinajstić information content (AvgIpc) is 3.51. The zero-order valence-corrected chi connectivity index (χ0v) is 22.4. The Bertz CT molecular complexity index is 1150. The number of aromatic nitrogens is 3. The number of hydrogen-bond acceptors (Lipinski definition) is 6. The number of rotatable bonds is 7. The highest BCUT2D eigenvalue weighted by atomic mass is 16.2. The van der Waals surface area contributed by atoms with E-state index in [1.165, 1.54) is 18.5 Å². The summed E-state index contributed by atoms with van der Waals surface area (Å²) in [6.07, 6.45) is 12.7. The number of amides is 1. The molecule has 0 bridgehead atoms. The van der Waals surface area contributed by atoms with Gasteiger partial charge in [0.2, 0.25) is 5.95 Å². The summed E-state index contributed by atoms with van der Waals surface area (Å²) >= 11 is 0. The molecule has 1 aliphatic heterocycles. The van der Waals surface area contributed by atoms with Crippen molar-refractivity contribution in [3.8, 4) is 0 Å². The molecule has 194 valence electrons. The molecule has 1 aliphatic carbocycles. The van der Waals surface area contributed by atoms with Crippen molar-refractivity contribution in [3.63, 3.8) is 0 Å². The Morgan fingerprint density at radius 2 is 1.94 bits per heavy atom. The highest BCUT2D eigenvalue weighted by Crippen LogP contribution is 2.34. The number of aliphatic imine (C=N–C) groups is 1. The zero-order chi connectivity index (χ0) is 25.7. The first-order valence-corrected chi connectivity index (χ1v) is 13.0. The first-order valence-electron chi connectivity index (χ1n) is 13.0. The molecule has 2 aromatic rings. The molecule has 1 saturated heterocycles. The summed E-state index contributed by atoms with van der Waals surface area (Å²) in [7, 11) is 5.75. The van der Waals surface area contributed by atoms with Crippen molar-refractivity contribution < 1.29 is 4.79 Å². The van der Waals surface area contributed by atoms with Gasteiger partial charge in [0.05, 0.1) is 6.54 Å². The Labute approximate surface area is 214 Å². The summed E-state index contributed by atoms with van der Waals surface area (Å²) in [5.41, 5.74) is 2.71. The third kappa shape index (κ3) is 5.95. The maximum atomic E-state index is 12.9. The standard InChI is InChI=1S/C27H40N8O/c1-6-9-22(34-16-14-33(5)15-17-34)12-13-28-20(2)30-27-29-19-21-18-24(26(36)32(3)4)35(25(21)31-27)23-10-7-8-11-23/h6,9,12,18-19,23H,7-8,10-11,13-17H2,1-5H3,(H,28,29,30,31)/b9-6-,22-12?. The lowest BCUT2D eigenvalue weighted by Crippen LogP contribution is -2.43. The molecular weight excluding hydrogens is 452 g/mol. The van der Waals surface area contributed by atoms with Crippen LogP contribution in [0.4, 0.5) is 5.95 Å². The molecule has 3 heterocycles. The lowest BCUT2D eigenvalue weighted by molar-refractivity contribution is 0.0815. The van der Waals surface area contributed by atoms with Gasteiger partial charge >= 0.3 is 0 Å². The third-order valence-corrected chi connectivity index (χ3v) is 7.02. The fraction of sp³-hybridized carbons (Fsp3) is 0.556. The normalized spacial score (nSPS) is 18.5. The number of nitrogens with one attached hydrogen (secondary N) is 1. The molecule has 0 radical (unpaired) electrons. The van der Waals surface area contributed by atoms with Gasteiger partial charge < -0.3 is 24.6 Å². The van der Waals surface area contributed by atoms with E-state index < -0.39 is 0 Å². The Hall–Kier alpha value is -3.20. The van der Waals surface area contributed by atoms with E-state index in [0.29, 0.717) is 24.2 Å². The highest BCUT2D eigenvalue weighted by molar-refractivity contribution is 5.98. The molecule has 36 heavy (non-hydrogen) atoms. The van der Waals surface area contributed by atoms with Crippen LogP contribution in [0.3, 0.4) is 0 Å². The van der Waals surface area contributed by atoms with Gasteiger partial charge in [-0.25, -0.2) is 4.98 Å². The van der Waals surface area contributed by atoms with Crippen LogP contribution in [0.25, 0.3) is 11.0 Å². The average molecular weight is 493 g/mol. The molecule has 2 aliphatic rings. The van der Waals surface area contributed by atoms with E-state index in [1.54, 1.807) is 25.2 Å². The lowest BCUT2D eigenvalue weighted by atomic mass is 10.2. The SMILES string of the molecule is C/C=C\C(=CCN=C(C)Nc1ncc2cc(C(=O)N(C)C)n(C3CCCC3)c2n1)N1CCN(C)CC1. The minimum absolute atomic E-state index is 0.00350. The Kier molecular flexibility index (Phi) is 8.40. The van der Waals surface area contributed by atoms with Crippen LogP contribution in [-0.4, -0.2) is 94.8 Å². The summed E-state index contributed by atoms with van der Waals surface area (Å²) in [5.74, 6) is 1.25. The van der Waals surface area contributed by atoms with E-state index in [1.807, 2.05) is 19.9 Å². The molecule has 4 rings (SSSR count). The van der Waals surface area contributed by atoms with E-state index in [9.17, 15) is 4.79 Å². The number of anilines is 1. The lowest BCUT2D eigenvalue weighted by Gasteiger charge is -2.34. The van der Waals surface area contributed by atoms with Crippen LogP contribution in [0.5, 0.6) is 0 Å². The number of carbonyl (C=O) groups excluding carboxylic acids is 1. The van der Waals surface area contributed by atoms with Crippen molar-refractivity contribution >= 4 is 28.7 Å². The van der Waals surface area contributed by atoms with Crippen LogP contribution in [0, 0.1) is 0 Å². The van der Waals surface area contributed by atoms with E-state index >= 15 is 0 Å². The Balaban J connectivity index is 1.52. The van der Waals surface area contributed by atoms with Gasteiger partial charge in [0.15, 0.2) is 0 Å². The molecule has 0 aromatic carbocycles.